The molecule has 0 aliphatic carbocycles. The van der Waals surface area contributed by atoms with Gasteiger partial charge in [-0.2, -0.15) is 23.5 Å². The highest BCUT2D eigenvalue weighted by Crippen LogP contribution is 2.26. The maximum Gasteiger partial charge on any atom is 0.330 e. The van der Waals surface area contributed by atoms with E-state index < -0.39 is 4.92 Å². The van der Waals surface area contributed by atoms with Gasteiger partial charge in [0.1, 0.15) is 6.20 Å². The van der Waals surface area contributed by atoms with Crippen LogP contribution in [-0.4, -0.2) is 43.8 Å². The molecule has 2 heterocycles. The Balaban J connectivity index is 1.95. The first kappa shape index (κ1) is 12.6. The molecule has 0 bridgehead atoms. The number of hydrogen-bond acceptors (Lipinski definition) is 6. The number of nitrogens with one attached hydrogen (secondary N) is 1. The molecule has 0 radical (unpaired) electrons. The van der Waals surface area contributed by atoms with Crippen LogP contribution in [0.2, 0.25) is 0 Å². The van der Waals surface area contributed by atoms with Crippen molar-refractivity contribution in [2.24, 2.45) is 7.05 Å². The van der Waals surface area contributed by atoms with Crippen LogP contribution >= 0.6 is 23.5 Å². The largest absolute Gasteiger partial charge is 0.362 e. The van der Waals surface area contributed by atoms with Gasteiger partial charge in [-0.3, -0.25) is 14.8 Å². The second kappa shape index (κ2) is 5.63. The lowest BCUT2D eigenvalue weighted by molar-refractivity contribution is -0.384. The molecule has 1 aromatic heterocycles. The van der Waals surface area contributed by atoms with Gasteiger partial charge in [-0.25, -0.2) is 0 Å². The van der Waals surface area contributed by atoms with Gasteiger partial charge in [-0.1, -0.05) is 0 Å². The molecule has 0 aromatic carbocycles. The molecule has 1 unspecified atom stereocenters. The lowest BCUT2D eigenvalue weighted by atomic mass is 10.4. The average molecular weight is 274 g/mol. The molecule has 8 heteroatoms. The fraction of sp³-hybridized carbons (Fsp3) is 0.667. The number of anilines is 1. The van der Waals surface area contributed by atoms with Crippen molar-refractivity contribution < 1.29 is 4.92 Å². The van der Waals surface area contributed by atoms with Crippen LogP contribution in [0.1, 0.15) is 0 Å². The van der Waals surface area contributed by atoms with Crippen LogP contribution in [0.25, 0.3) is 0 Å². The van der Waals surface area contributed by atoms with Crippen molar-refractivity contribution in [3.8, 4) is 0 Å². The van der Waals surface area contributed by atoms with Crippen molar-refractivity contribution >= 4 is 35.0 Å². The van der Waals surface area contributed by atoms with E-state index in [0.717, 1.165) is 18.1 Å². The minimum absolute atomic E-state index is 0.0426. The Kier molecular flexibility index (Phi) is 4.16. The van der Waals surface area contributed by atoms with Gasteiger partial charge in [-0.05, 0) is 0 Å². The molecule has 0 saturated carbocycles. The van der Waals surface area contributed by atoms with Gasteiger partial charge in [0.15, 0.2) is 0 Å². The number of nitro groups is 1. The van der Waals surface area contributed by atoms with Gasteiger partial charge in [-0.15, -0.1) is 5.10 Å². The summed E-state index contributed by atoms with van der Waals surface area (Å²) in [6, 6.07) is 0. The van der Waals surface area contributed by atoms with E-state index in [2.05, 4.69) is 10.4 Å². The quantitative estimate of drug-likeness (QED) is 0.664. The van der Waals surface area contributed by atoms with Gasteiger partial charge in [0, 0.05) is 36.1 Å². The number of nitrogens with zero attached hydrogens (tertiary/aromatic N) is 3. The standard InChI is InChI=1S/C9H14N4O2S2/c1-12-5-8(13(14)15)9(11-12)10-4-7-6-16-2-3-17-7/h5,7H,2-4,6H2,1H3,(H,10,11). The molecule has 1 fully saturated rings. The van der Waals surface area contributed by atoms with Crippen molar-refractivity contribution in [3.05, 3.63) is 16.3 Å². The zero-order valence-corrected chi connectivity index (χ0v) is 11.1. The zero-order chi connectivity index (χ0) is 12.3. The maximum absolute atomic E-state index is 10.8. The topological polar surface area (TPSA) is 73.0 Å². The first-order valence-electron chi connectivity index (χ1n) is 5.28. The van der Waals surface area contributed by atoms with Crippen LogP contribution in [0.15, 0.2) is 6.20 Å². The maximum atomic E-state index is 10.8. The molecule has 1 aliphatic heterocycles. The summed E-state index contributed by atoms with van der Waals surface area (Å²) in [6.45, 7) is 0.732. The Labute approximate surface area is 108 Å². The number of hydrogen-bond donors (Lipinski definition) is 1. The summed E-state index contributed by atoms with van der Waals surface area (Å²) in [5.74, 6) is 3.82. The van der Waals surface area contributed by atoms with E-state index in [0.29, 0.717) is 11.1 Å². The number of aryl methyl sites for hydroxylation is 1. The van der Waals surface area contributed by atoms with Gasteiger partial charge in [0.2, 0.25) is 5.82 Å². The van der Waals surface area contributed by atoms with E-state index >= 15 is 0 Å². The summed E-state index contributed by atoms with van der Waals surface area (Å²) in [7, 11) is 1.68. The van der Waals surface area contributed by atoms with Crippen LogP contribution < -0.4 is 5.32 Å². The van der Waals surface area contributed by atoms with Gasteiger partial charge < -0.3 is 5.32 Å². The molecule has 1 aliphatic rings. The van der Waals surface area contributed by atoms with Crippen LogP contribution in [0, 0.1) is 10.1 Å². The molecule has 1 aromatic rings. The number of thioether (sulfide) groups is 2. The van der Waals surface area contributed by atoms with Crippen molar-refractivity contribution in [3.63, 3.8) is 0 Å². The van der Waals surface area contributed by atoms with Gasteiger partial charge >= 0.3 is 5.69 Å². The summed E-state index contributed by atoms with van der Waals surface area (Å²) >= 11 is 3.85. The third-order valence-electron chi connectivity index (χ3n) is 2.39. The van der Waals surface area contributed by atoms with Crippen LogP contribution in [0.4, 0.5) is 11.5 Å². The highest BCUT2D eigenvalue weighted by Gasteiger charge is 2.20. The Bertz CT molecular complexity index is 404. The summed E-state index contributed by atoms with van der Waals surface area (Å²) in [5.41, 5.74) is 0.0426. The second-order valence-corrected chi connectivity index (χ2v) is 6.30. The highest BCUT2D eigenvalue weighted by molar-refractivity contribution is 8.06. The lowest BCUT2D eigenvalue weighted by Crippen LogP contribution is -2.23. The fourth-order valence-electron chi connectivity index (χ4n) is 1.60. The molecule has 0 amide bonds. The molecule has 6 nitrogen and oxygen atoms in total. The van der Waals surface area contributed by atoms with Crippen LogP contribution in [0.3, 0.4) is 0 Å². The lowest BCUT2D eigenvalue weighted by Gasteiger charge is -2.20. The monoisotopic (exact) mass is 274 g/mol. The molecule has 1 atom stereocenters. The Morgan fingerprint density at radius 2 is 2.53 bits per heavy atom. The van der Waals surface area contributed by atoms with E-state index in [1.807, 2.05) is 23.5 Å². The molecule has 0 spiro atoms. The van der Waals surface area contributed by atoms with E-state index in [-0.39, 0.29) is 5.69 Å². The Morgan fingerprint density at radius 1 is 1.71 bits per heavy atom. The average Bonchev–Trinajstić information content (AvgIpc) is 2.69. The van der Waals surface area contributed by atoms with E-state index in [4.69, 9.17) is 0 Å². The molecular weight excluding hydrogens is 260 g/mol. The van der Waals surface area contributed by atoms with Gasteiger partial charge in [0.25, 0.3) is 0 Å². The SMILES string of the molecule is Cn1cc([N+](=O)[O-])c(NCC2CSCCS2)n1. The predicted molar refractivity (Wildman–Crippen MR) is 71.9 cm³/mol. The van der Waals surface area contributed by atoms with Gasteiger partial charge in [0.05, 0.1) is 4.92 Å². The summed E-state index contributed by atoms with van der Waals surface area (Å²) in [6.07, 6.45) is 1.42. The minimum Gasteiger partial charge on any atom is -0.362 e. The molecular formula is C9H14N4O2S2. The highest BCUT2D eigenvalue weighted by atomic mass is 32.2. The van der Waals surface area contributed by atoms with Crippen molar-refractivity contribution in [1.29, 1.82) is 0 Å². The van der Waals surface area contributed by atoms with Crippen molar-refractivity contribution in [1.82, 2.24) is 9.78 Å². The molecule has 17 heavy (non-hydrogen) atoms. The third-order valence-corrected chi connectivity index (χ3v) is 5.23. The van der Waals surface area contributed by atoms with E-state index in [1.165, 1.54) is 16.6 Å². The second-order valence-electron chi connectivity index (χ2n) is 3.74. The summed E-state index contributed by atoms with van der Waals surface area (Å²) < 4.78 is 1.46. The Hall–Kier alpha value is -0.890. The summed E-state index contributed by atoms with van der Waals surface area (Å²) in [5, 5.41) is 18.4. The Morgan fingerprint density at radius 3 is 3.18 bits per heavy atom. The normalized spacial score (nSPS) is 20.2. The van der Waals surface area contributed by atoms with Crippen molar-refractivity contribution in [2.75, 3.05) is 29.1 Å². The summed E-state index contributed by atoms with van der Waals surface area (Å²) in [4.78, 5) is 10.4. The van der Waals surface area contributed by atoms with E-state index in [1.54, 1.807) is 7.05 Å². The molecule has 2 rings (SSSR count). The number of rotatable bonds is 4. The smallest absolute Gasteiger partial charge is 0.330 e. The molecule has 94 valence electrons. The predicted octanol–water partition coefficient (Wildman–Crippen LogP) is 1.59. The zero-order valence-electron chi connectivity index (χ0n) is 9.46. The van der Waals surface area contributed by atoms with Crippen molar-refractivity contribution in [2.45, 2.75) is 5.25 Å². The fourth-order valence-corrected chi connectivity index (χ4v) is 4.21. The van der Waals surface area contributed by atoms with E-state index in [9.17, 15) is 10.1 Å². The third kappa shape index (κ3) is 3.29. The first-order chi connectivity index (χ1) is 8.16. The van der Waals surface area contributed by atoms with Crippen LogP contribution in [-0.2, 0) is 7.05 Å². The molecule has 1 N–H and O–H groups in total. The number of aromatic nitrogens is 2. The first-order valence-corrected chi connectivity index (χ1v) is 7.48. The minimum atomic E-state index is -0.405. The molecule has 1 saturated heterocycles. The van der Waals surface area contributed by atoms with Crippen LogP contribution in [0.5, 0.6) is 0 Å².